The summed E-state index contributed by atoms with van der Waals surface area (Å²) in [5, 5.41) is 7.34. The molecule has 0 saturated heterocycles. The number of aromatic nitrogens is 2. The molecule has 1 aromatic heterocycles. The van der Waals surface area contributed by atoms with E-state index in [2.05, 4.69) is 67.6 Å². The predicted octanol–water partition coefficient (Wildman–Crippen LogP) is 6.11. The Morgan fingerprint density at radius 2 is 1.82 bits per heavy atom. The maximum atomic E-state index is 5.86. The number of nitrogens with one attached hydrogen (secondary N) is 2. The molecule has 8 heteroatoms. The van der Waals surface area contributed by atoms with Crippen LogP contribution in [-0.4, -0.2) is 43.3 Å². The maximum Gasteiger partial charge on any atom is 0.225 e. The molecule has 0 unspecified atom stereocenters. The first-order chi connectivity index (χ1) is 16.4. The molecular weight excluding hydrogens is 558 g/mol. The van der Waals surface area contributed by atoms with Crippen LogP contribution in [0.3, 0.4) is 0 Å². The minimum Gasteiger partial charge on any atom is -0.492 e. The van der Waals surface area contributed by atoms with E-state index in [1.165, 1.54) is 42.5 Å². The second kappa shape index (κ2) is 12.0. The number of nitrogens with zero attached hydrogens (tertiary/aromatic N) is 3. The Kier molecular flexibility index (Phi) is 9.10. The van der Waals surface area contributed by atoms with Gasteiger partial charge in [-0.05, 0) is 98.8 Å². The third kappa shape index (κ3) is 6.43. The van der Waals surface area contributed by atoms with Crippen LogP contribution in [0.2, 0.25) is 0 Å². The van der Waals surface area contributed by atoms with Gasteiger partial charge in [-0.3, -0.25) is 0 Å². The van der Waals surface area contributed by atoms with Gasteiger partial charge in [-0.25, -0.2) is 4.98 Å². The number of benzene rings is 1. The summed E-state index contributed by atoms with van der Waals surface area (Å²) in [6.07, 6.45) is 9.42. The molecular formula is C26H37Br2N5O. The van der Waals surface area contributed by atoms with Gasteiger partial charge in [0.15, 0.2) is 0 Å². The summed E-state index contributed by atoms with van der Waals surface area (Å²) < 4.78 is 7.92. The van der Waals surface area contributed by atoms with Crippen LogP contribution in [0, 0.1) is 5.92 Å². The molecule has 2 aliphatic rings. The van der Waals surface area contributed by atoms with Gasteiger partial charge in [0.05, 0.1) is 16.8 Å². The number of rotatable bonds is 9. The van der Waals surface area contributed by atoms with E-state index in [1.807, 2.05) is 13.0 Å². The lowest BCUT2D eigenvalue weighted by atomic mass is 9.86. The van der Waals surface area contributed by atoms with Crippen molar-refractivity contribution in [3.63, 3.8) is 0 Å². The van der Waals surface area contributed by atoms with Gasteiger partial charge in [0.25, 0.3) is 0 Å². The number of hydrogen-bond donors (Lipinski definition) is 2. The second-order valence-electron chi connectivity index (χ2n) is 9.70. The van der Waals surface area contributed by atoms with Crippen LogP contribution < -0.4 is 20.3 Å². The van der Waals surface area contributed by atoms with Crippen molar-refractivity contribution < 1.29 is 4.74 Å². The Labute approximate surface area is 220 Å². The molecule has 0 aliphatic heterocycles. The topological polar surface area (TPSA) is 62.3 Å². The van der Waals surface area contributed by atoms with Crippen LogP contribution in [0.1, 0.15) is 62.3 Å². The standard InChI is InChI=1S/C26H37Br2N5O/c1-4-34-24-18(13-19(27)14-22(24)28)16-29-15-17-9-11-20(12-10-17)30-26-31-23-8-6-5-7-21(23)25(32-26)33(2)3/h13-14,17,20,29H,4-12,15-16H2,1-3H3,(H,30,31,32)/t17-,20+. The second-order valence-corrected chi connectivity index (χ2v) is 11.5. The molecule has 0 bridgehead atoms. The largest absolute Gasteiger partial charge is 0.492 e. The summed E-state index contributed by atoms with van der Waals surface area (Å²) in [6.45, 7) is 4.52. The Morgan fingerprint density at radius 1 is 1.06 bits per heavy atom. The molecule has 0 atom stereocenters. The molecule has 1 saturated carbocycles. The van der Waals surface area contributed by atoms with Crippen LogP contribution in [0.4, 0.5) is 11.8 Å². The third-order valence-electron chi connectivity index (χ3n) is 6.89. The maximum absolute atomic E-state index is 5.86. The van der Waals surface area contributed by atoms with Crippen molar-refractivity contribution in [3.05, 3.63) is 37.9 Å². The van der Waals surface area contributed by atoms with Crippen molar-refractivity contribution in [1.29, 1.82) is 0 Å². The van der Waals surface area contributed by atoms with Gasteiger partial charge in [-0.15, -0.1) is 0 Å². The van der Waals surface area contributed by atoms with Crippen LogP contribution >= 0.6 is 31.9 Å². The molecule has 34 heavy (non-hydrogen) atoms. The smallest absolute Gasteiger partial charge is 0.225 e. The van der Waals surface area contributed by atoms with Crippen LogP contribution in [0.15, 0.2) is 21.1 Å². The average Bonchev–Trinajstić information content (AvgIpc) is 2.81. The SMILES string of the molecule is CCOc1c(Br)cc(Br)cc1CNC[C@H]1CC[C@@H](Nc2nc3c(c(N(C)C)n2)CCCC3)CC1. The normalized spacial score (nSPS) is 20.0. The fourth-order valence-corrected chi connectivity index (χ4v) is 6.59. The zero-order valence-corrected chi connectivity index (χ0v) is 23.8. The number of anilines is 2. The van der Waals surface area contributed by atoms with E-state index in [9.17, 15) is 0 Å². The summed E-state index contributed by atoms with van der Waals surface area (Å²) in [5.41, 5.74) is 3.78. The quantitative estimate of drug-likeness (QED) is 0.365. The van der Waals surface area contributed by atoms with E-state index < -0.39 is 0 Å². The van der Waals surface area contributed by atoms with Gasteiger partial charge >= 0.3 is 0 Å². The number of fused-ring (bicyclic) bond motifs is 1. The Morgan fingerprint density at radius 3 is 2.56 bits per heavy atom. The number of ether oxygens (including phenoxy) is 1. The summed E-state index contributed by atoms with van der Waals surface area (Å²) in [7, 11) is 4.17. The Hall–Kier alpha value is -1.38. The lowest BCUT2D eigenvalue weighted by Crippen LogP contribution is -2.32. The van der Waals surface area contributed by atoms with Gasteiger partial charge in [0.1, 0.15) is 11.6 Å². The minimum atomic E-state index is 0.457. The van der Waals surface area contributed by atoms with E-state index in [0.717, 1.165) is 65.2 Å². The fourth-order valence-electron chi connectivity index (χ4n) is 5.16. The molecule has 1 aromatic carbocycles. The average molecular weight is 595 g/mol. The fraction of sp³-hybridized carbons (Fsp3) is 0.615. The first-order valence-electron chi connectivity index (χ1n) is 12.6. The van der Waals surface area contributed by atoms with Gasteiger partial charge in [0, 0.05) is 42.3 Å². The first kappa shape index (κ1) is 25.7. The van der Waals surface area contributed by atoms with Crippen LogP contribution in [-0.2, 0) is 19.4 Å². The summed E-state index contributed by atoms with van der Waals surface area (Å²) in [6, 6.07) is 4.64. The minimum absolute atomic E-state index is 0.457. The molecule has 0 radical (unpaired) electrons. The lowest BCUT2D eigenvalue weighted by molar-refractivity contribution is 0.318. The molecule has 4 rings (SSSR count). The molecule has 1 heterocycles. The summed E-state index contributed by atoms with van der Waals surface area (Å²) >= 11 is 7.23. The third-order valence-corrected chi connectivity index (χ3v) is 7.93. The van der Waals surface area contributed by atoms with Gasteiger partial charge in [-0.2, -0.15) is 4.98 Å². The van der Waals surface area contributed by atoms with E-state index in [0.29, 0.717) is 18.6 Å². The van der Waals surface area contributed by atoms with E-state index >= 15 is 0 Å². The van der Waals surface area contributed by atoms with Crippen molar-refractivity contribution in [1.82, 2.24) is 15.3 Å². The van der Waals surface area contributed by atoms with Crippen molar-refractivity contribution in [3.8, 4) is 5.75 Å². The highest BCUT2D eigenvalue weighted by molar-refractivity contribution is 9.11. The summed E-state index contributed by atoms with van der Waals surface area (Å²) in [4.78, 5) is 11.9. The summed E-state index contributed by atoms with van der Waals surface area (Å²) in [5.74, 6) is 3.55. The van der Waals surface area contributed by atoms with Gasteiger partial charge in [0.2, 0.25) is 5.95 Å². The van der Waals surface area contributed by atoms with Gasteiger partial charge < -0.3 is 20.3 Å². The highest BCUT2D eigenvalue weighted by Crippen LogP contribution is 2.34. The molecule has 2 N–H and O–H groups in total. The lowest BCUT2D eigenvalue weighted by Gasteiger charge is -2.30. The van der Waals surface area contributed by atoms with E-state index in [1.54, 1.807) is 0 Å². The zero-order valence-electron chi connectivity index (χ0n) is 20.6. The number of halogens is 2. The Bertz CT molecular complexity index is 976. The number of aryl methyl sites for hydroxylation is 1. The molecule has 1 fully saturated rings. The van der Waals surface area contributed by atoms with E-state index in [-0.39, 0.29) is 0 Å². The molecule has 6 nitrogen and oxygen atoms in total. The van der Waals surface area contributed by atoms with Crippen molar-refractivity contribution >= 4 is 43.6 Å². The first-order valence-corrected chi connectivity index (χ1v) is 14.2. The van der Waals surface area contributed by atoms with Crippen molar-refractivity contribution in [2.24, 2.45) is 5.92 Å². The van der Waals surface area contributed by atoms with Gasteiger partial charge in [-0.1, -0.05) is 15.9 Å². The highest BCUT2D eigenvalue weighted by atomic mass is 79.9. The monoisotopic (exact) mass is 593 g/mol. The molecule has 2 aliphatic carbocycles. The molecule has 0 spiro atoms. The molecule has 0 amide bonds. The Balaban J connectivity index is 1.28. The zero-order chi connectivity index (χ0) is 24.1. The predicted molar refractivity (Wildman–Crippen MR) is 147 cm³/mol. The number of hydrogen-bond acceptors (Lipinski definition) is 6. The van der Waals surface area contributed by atoms with Crippen LogP contribution in [0.25, 0.3) is 0 Å². The molecule has 186 valence electrons. The highest BCUT2D eigenvalue weighted by Gasteiger charge is 2.24. The molecule has 2 aromatic rings. The van der Waals surface area contributed by atoms with Crippen molar-refractivity contribution in [2.75, 3.05) is 37.5 Å². The van der Waals surface area contributed by atoms with Crippen LogP contribution in [0.5, 0.6) is 5.75 Å². The van der Waals surface area contributed by atoms with Crippen molar-refractivity contribution in [2.45, 2.75) is 70.9 Å². The van der Waals surface area contributed by atoms with E-state index in [4.69, 9.17) is 14.7 Å².